The highest BCUT2D eigenvalue weighted by atomic mass is 79.9. The summed E-state index contributed by atoms with van der Waals surface area (Å²) in [6.07, 6.45) is -0.425. The normalized spacial score (nSPS) is 32.3. The quantitative estimate of drug-likeness (QED) is 0.706. The zero-order chi connectivity index (χ0) is 13.2. The first kappa shape index (κ1) is 14.2. The highest BCUT2D eigenvalue weighted by molar-refractivity contribution is 9.09. The predicted molar refractivity (Wildman–Crippen MR) is 69.9 cm³/mol. The molecule has 104 valence electrons. The van der Waals surface area contributed by atoms with Crippen molar-refractivity contribution in [1.29, 1.82) is 0 Å². The van der Waals surface area contributed by atoms with Crippen LogP contribution in [0.4, 0.5) is 0 Å². The van der Waals surface area contributed by atoms with Gasteiger partial charge >= 0.3 is 0 Å². The lowest BCUT2D eigenvalue weighted by atomic mass is 10.0. The van der Waals surface area contributed by atoms with Gasteiger partial charge in [-0.1, -0.05) is 15.9 Å². The molecular weight excluding hydrogens is 302 g/mol. The Morgan fingerprint density at radius 1 is 1.44 bits per heavy atom. The average molecular weight is 322 g/mol. The maximum absolute atomic E-state index is 12.4. The van der Waals surface area contributed by atoms with Crippen LogP contribution in [0, 0.1) is 0 Å². The molecule has 6 heteroatoms. The zero-order valence-electron chi connectivity index (χ0n) is 10.9. The molecule has 2 saturated heterocycles. The number of nitrogens with zero attached hydrogens (tertiary/aromatic N) is 1. The lowest BCUT2D eigenvalue weighted by molar-refractivity contribution is -0.176. The second-order valence-corrected chi connectivity index (χ2v) is 5.95. The molecule has 0 N–H and O–H groups in total. The van der Waals surface area contributed by atoms with Gasteiger partial charge in [0.25, 0.3) is 5.91 Å². The van der Waals surface area contributed by atoms with Crippen molar-refractivity contribution in [2.75, 3.05) is 38.2 Å². The molecule has 0 aromatic heterocycles. The third-order valence-electron chi connectivity index (χ3n) is 3.06. The van der Waals surface area contributed by atoms with E-state index in [2.05, 4.69) is 15.9 Å². The Kier molecular flexibility index (Phi) is 4.64. The van der Waals surface area contributed by atoms with Gasteiger partial charge in [0.2, 0.25) is 0 Å². The molecule has 0 aliphatic carbocycles. The van der Waals surface area contributed by atoms with Gasteiger partial charge in [-0.3, -0.25) is 4.79 Å². The summed E-state index contributed by atoms with van der Waals surface area (Å²) in [7, 11) is 0. The summed E-state index contributed by atoms with van der Waals surface area (Å²) in [6.45, 7) is 6.62. The van der Waals surface area contributed by atoms with Gasteiger partial charge in [-0.15, -0.1) is 0 Å². The fourth-order valence-corrected chi connectivity index (χ4v) is 2.71. The molecule has 2 aliphatic heterocycles. The summed E-state index contributed by atoms with van der Waals surface area (Å²) >= 11 is 3.42. The standard InChI is InChI=1S/C12H20BrNO4/c1-12(2)8-14(6-9(5-13)18-12)11(15)10-7-16-3-4-17-10/h9-10H,3-8H2,1-2H3. The van der Waals surface area contributed by atoms with E-state index in [0.29, 0.717) is 32.9 Å². The van der Waals surface area contributed by atoms with E-state index >= 15 is 0 Å². The van der Waals surface area contributed by atoms with Crippen LogP contribution < -0.4 is 0 Å². The largest absolute Gasteiger partial charge is 0.376 e. The van der Waals surface area contributed by atoms with Crippen molar-refractivity contribution < 1.29 is 19.0 Å². The number of hydrogen-bond donors (Lipinski definition) is 0. The van der Waals surface area contributed by atoms with E-state index < -0.39 is 6.10 Å². The van der Waals surface area contributed by atoms with Gasteiger partial charge < -0.3 is 19.1 Å². The summed E-state index contributed by atoms with van der Waals surface area (Å²) in [6, 6.07) is 0. The lowest BCUT2D eigenvalue weighted by Gasteiger charge is -2.43. The summed E-state index contributed by atoms with van der Waals surface area (Å²) < 4.78 is 16.6. The van der Waals surface area contributed by atoms with E-state index in [9.17, 15) is 4.79 Å². The van der Waals surface area contributed by atoms with E-state index in [-0.39, 0.29) is 17.6 Å². The number of amides is 1. The third kappa shape index (κ3) is 3.44. The first-order valence-electron chi connectivity index (χ1n) is 6.24. The van der Waals surface area contributed by atoms with Crippen LogP contribution in [-0.4, -0.2) is 66.9 Å². The first-order chi connectivity index (χ1) is 8.52. The highest BCUT2D eigenvalue weighted by Crippen LogP contribution is 2.23. The van der Waals surface area contributed by atoms with E-state index in [1.807, 2.05) is 18.7 Å². The number of rotatable bonds is 2. The molecule has 2 fully saturated rings. The second kappa shape index (κ2) is 5.86. The Morgan fingerprint density at radius 3 is 2.83 bits per heavy atom. The molecule has 5 nitrogen and oxygen atoms in total. The molecule has 2 atom stereocenters. The fraction of sp³-hybridized carbons (Fsp3) is 0.917. The molecule has 2 unspecified atom stereocenters. The van der Waals surface area contributed by atoms with Gasteiger partial charge in [-0.2, -0.15) is 0 Å². The Bertz CT molecular complexity index is 304. The monoisotopic (exact) mass is 321 g/mol. The van der Waals surface area contributed by atoms with Crippen LogP contribution in [0.5, 0.6) is 0 Å². The molecule has 2 heterocycles. The van der Waals surface area contributed by atoms with Crippen molar-refractivity contribution in [3.8, 4) is 0 Å². The molecule has 0 radical (unpaired) electrons. The Labute approximate surface area is 116 Å². The van der Waals surface area contributed by atoms with Gasteiger partial charge in [-0.25, -0.2) is 0 Å². The van der Waals surface area contributed by atoms with E-state index in [0.717, 1.165) is 5.33 Å². The molecule has 0 aromatic rings. The van der Waals surface area contributed by atoms with Crippen LogP contribution in [0.15, 0.2) is 0 Å². The van der Waals surface area contributed by atoms with E-state index in [1.165, 1.54) is 0 Å². The van der Waals surface area contributed by atoms with Crippen molar-refractivity contribution in [2.45, 2.75) is 31.7 Å². The first-order valence-corrected chi connectivity index (χ1v) is 7.36. The molecule has 0 aromatic carbocycles. The lowest BCUT2D eigenvalue weighted by Crippen LogP contribution is -2.58. The van der Waals surface area contributed by atoms with Crippen LogP contribution in [0.3, 0.4) is 0 Å². The van der Waals surface area contributed by atoms with Crippen LogP contribution in [0.2, 0.25) is 0 Å². The third-order valence-corrected chi connectivity index (χ3v) is 3.78. The van der Waals surface area contributed by atoms with Crippen LogP contribution in [0.1, 0.15) is 13.8 Å². The molecule has 0 bridgehead atoms. The molecule has 0 spiro atoms. The summed E-state index contributed by atoms with van der Waals surface area (Å²) in [5, 5.41) is 0.724. The summed E-state index contributed by atoms with van der Waals surface area (Å²) in [4.78, 5) is 14.2. The summed E-state index contributed by atoms with van der Waals surface area (Å²) in [5.74, 6) is 0.0111. The van der Waals surface area contributed by atoms with Crippen molar-refractivity contribution in [3.63, 3.8) is 0 Å². The topological polar surface area (TPSA) is 48.0 Å². The molecule has 2 rings (SSSR count). The number of carbonyl (C=O) groups excluding carboxylic acids is 1. The number of hydrogen-bond acceptors (Lipinski definition) is 4. The highest BCUT2D eigenvalue weighted by Gasteiger charge is 2.38. The minimum atomic E-state index is -0.455. The van der Waals surface area contributed by atoms with Crippen LogP contribution in [0.25, 0.3) is 0 Å². The van der Waals surface area contributed by atoms with Gasteiger partial charge in [0.15, 0.2) is 6.10 Å². The number of alkyl halides is 1. The predicted octanol–water partition coefficient (Wildman–Crippen LogP) is 0.803. The SMILES string of the molecule is CC1(C)CN(C(=O)C2COCCO2)CC(CBr)O1. The van der Waals surface area contributed by atoms with Crippen LogP contribution in [-0.2, 0) is 19.0 Å². The number of halogens is 1. The fourth-order valence-electron chi connectivity index (χ4n) is 2.38. The smallest absolute Gasteiger partial charge is 0.254 e. The second-order valence-electron chi connectivity index (χ2n) is 5.31. The van der Waals surface area contributed by atoms with Crippen LogP contribution >= 0.6 is 15.9 Å². The summed E-state index contributed by atoms with van der Waals surface area (Å²) in [5.41, 5.74) is -0.318. The van der Waals surface area contributed by atoms with E-state index in [1.54, 1.807) is 0 Å². The van der Waals surface area contributed by atoms with Gasteiger partial charge in [-0.05, 0) is 13.8 Å². The molecule has 2 aliphatic rings. The molecule has 0 saturated carbocycles. The van der Waals surface area contributed by atoms with Crippen molar-refractivity contribution in [2.24, 2.45) is 0 Å². The Balaban J connectivity index is 1.99. The Morgan fingerprint density at radius 2 is 2.22 bits per heavy atom. The zero-order valence-corrected chi connectivity index (χ0v) is 12.4. The van der Waals surface area contributed by atoms with Gasteiger partial charge in [0.05, 0.1) is 31.5 Å². The maximum Gasteiger partial charge on any atom is 0.254 e. The number of carbonyl (C=O) groups is 1. The average Bonchev–Trinajstić information content (AvgIpc) is 2.37. The van der Waals surface area contributed by atoms with Crippen molar-refractivity contribution >= 4 is 21.8 Å². The van der Waals surface area contributed by atoms with Gasteiger partial charge in [0.1, 0.15) is 0 Å². The molecular formula is C12H20BrNO4. The van der Waals surface area contributed by atoms with Crippen molar-refractivity contribution in [1.82, 2.24) is 4.90 Å². The minimum Gasteiger partial charge on any atom is -0.376 e. The molecule has 1 amide bonds. The minimum absolute atomic E-state index is 0.0111. The number of morpholine rings is 1. The Hall–Kier alpha value is -0.170. The van der Waals surface area contributed by atoms with E-state index in [4.69, 9.17) is 14.2 Å². The maximum atomic E-state index is 12.4. The van der Waals surface area contributed by atoms with Gasteiger partial charge in [0, 0.05) is 18.4 Å². The van der Waals surface area contributed by atoms with Crippen molar-refractivity contribution in [3.05, 3.63) is 0 Å². The number of ether oxygens (including phenoxy) is 3. The molecule has 18 heavy (non-hydrogen) atoms.